The van der Waals surface area contributed by atoms with E-state index in [1.165, 1.54) is 0 Å². The lowest BCUT2D eigenvalue weighted by molar-refractivity contribution is -0.514. The van der Waals surface area contributed by atoms with Gasteiger partial charge in [0.25, 0.3) is 0 Å². The van der Waals surface area contributed by atoms with Gasteiger partial charge < -0.3 is 10.4 Å². The number of rotatable bonds is 4. The third kappa shape index (κ3) is 2.68. The first-order valence-electron chi connectivity index (χ1n) is 6.85. The zero-order chi connectivity index (χ0) is 15.5. The topological polar surface area (TPSA) is 69.2 Å². The molecule has 0 saturated carbocycles. The van der Waals surface area contributed by atoms with E-state index < -0.39 is 6.04 Å². The van der Waals surface area contributed by atoms with Crippen LogP contribution in [0.3, 0.4) is 0 Å². The number of fused-ring (bicyclic) bond motifs is 1. The lowest BCUT2D eigenvalue weighted by Crippen LogP contribution is -2.38. The van der Waals surface area contributed by atoms with Crippen LogP contribution in [0.25, 0.3) is 5.52 Å². The van der Waals surface area contributed by atoms with Crippen LogP contribution in [0.2, 0.25) is 5.15 Å². The van der Waals surface area contributed by atoms with Crippen LogP contribution >= 0.6 is 11.6 Å². The van der Waals surface area contributed by atoms with Crippen LogP contribution in [0.15, 0.2) is 54.7 Å². The number of hydrogen-bond acceptors (Lipinski definition) is 2. The molecule has 5 nitrogen and oxygen atoms in total. The van der Waals surface area contributed by atoms with Gasteiger partial charge in [-0.05, 0) is 29.3 Å². The molecule has 2 aromatic heterocycles. The van der Waals surface area contributed by atoms with Gasteiger partial charge in [-0.1, -0.05) is 36.4 Å². The van der Waals surface area contributed by atoms with E-state index in [9.17, 15) is 9.90 Å². The van der Waals surface area contributed by atoms with E-state index in [1.807, 2.05) is 48.5 Å². The number of imidazole rings is 1. The SMILES string of the molecule is O=C(N[C@H](CO)c1ccccc1)c1[nH]c(Cl)c2cccc[n+]12. The third-order valence-electron chi connectivity index (χ3n) is 3.46. The normalized spacial score (nSPS) is 12.3. The molecule has 0 fully saturated rings. The Morgan fingerprint density at radius 1 is 1.23 bits per heavy atom. The Hall–Kier alpha value is -2.37. The number of pyridine rings is 1. The molecular weight excluding hydrogens is 302 g/mol. The Morgan fingerprint density at radius 3 is 2.68 bits per heavy atom. The first-order chi connectivity index (χ1) is 10.7. The molecule has 112 valence electrons. The van der Waals surface area contributed by atoms with Gasteiger partial charge in [0.2, 0.25) is 5.15 Å². The fourth-order valence-corrected chi connectivity index (χ4v) is 2.60. The van der Waals surface area contributed by atoms with E-state index in [0.717, 1.165) is 11.1 Å². The monoisotopic (exact) mass is 316 g/mol. The number of nitrogens with one attached hydrogen (secondary N) is 2. The van der Waals surface area contributed by atoms with Gasteiger partial charge in [-0.2, -0.15) is 4.40 Å². The van der Waals surface area contributed by atoms with Crippen LogP contribution in [0, 0.1) is 0 Å². The number of aromatic amines is 1. The number of nitrogens with zero attached hydrogens (tertiary/aromatic N) is 1. The summed E-state index contributed by atoms with van der Waals surface area (Å²) in [6.07, 6.45) is 1.75. The minimum absolute atomic E-state index is 0.188. The van der Waals surface area contributed by atoms with E-state index in [0.29, 0.717) is 11.0 Å². The van der Waals surface area contributed by atoms with Gasteiger partial charge in [0.15, 0.2) is 5.52 Å². The molecule has 0 saturated heterocycles. The third-order valence-corrected chi connectivity index (χ3v) is 3.75. The summed E-state index contributed by atoms with van der Waals surface area (Å²) in [7, 11) is 0. The molecule has 3 rings (SSSR count). The van der Waals surface area contributed by atoms with Crippen molar-refractivity contribution in [3.63, 3.8) is 0 Å². The minimum Gasteiger partial charge on any atom is -0.394 e. The summed E-state index contributed by atoms with van der Waals surface area (Å²) in [5.74, 6) is -0.0222. The largest absolute Gasteiger partial charge is 0.394 e. The van der Waals surface area contributed by atoms with Crippen molar-refractivity contribution >= 4 is 23.0 Å². The van der Waals surface area contributed by atoms with Crippen LogP contribution in [0.4, 0.5) is 0 Å². The summed E-state index contributed by atoms with van der Waals surface area (Å²) in [4.78, 5) is 15.3. The van der Waals surface area contributed by atoms with Gasteiger partial charge in [-0.3, -0.25) is 4.79 Å². The molecule has 0 aliphatic rings. The molecule has 0 radical (unpaired) electrons. The number of hydrogen-bond donors (Lipinski definition) is 3. The first kappa shape index (κ1) is 14.6. The van der Waals surface area contributed by atoms with Crippen molar-refractivity contribution in [1.29, 1.82) is 0 Å². The summed E-state index contributed by atoms with van der Waals surface area (Å²) in [6.45, 7) is -0.188. The number of carbonyl (C=O) groups excluding carboxylic acids is 1. The van der Waals surface area contributed by atoms with E-state index in [4.69, 9.17) is 11.6 Å². The Balaban J connectivity index is 1.90. The molecule has 2 heterocycles. The summed E-state index contributed by atoms with van der Waals surface area (Å²) in [5, 5.41) is 12.7. The molecule has 3 N–H and O–H groups in total. The maximum atomic E-state index is 12.5. The summed E-state index contributed by atoms with van der Waals surface area (Å²) in [5.41, 5.74) is 1.56. The first-order valence-corrected chi connectivity index (χ1v) is 7.23. The molecule has 22 heavy (non-hydrogen) atoms. The van der Waals surface area contributed by atoms with Crippen molar-refractivity contribution < 1.29 is 14.3 Å². The van der Waals surface area contributed by atoms with Crippen LogP contribution in [-0.4, -0.2) is 22.6 Å². The van der Waals surface area contributed by atoms with Gasteiger partial charge in [-0.25, -0.2) is 4.98 Å². The van der Waals surface area contributed by atoms with E-state index in [1.54, 1.807) is 10.6 Å². The Kier molecular flexibility index (Phi) is 4.09. The fraction of sp³-hybridized carbons (Fsp3) is 0.125. The summed E-state index contributed by atoms with van der Waals surface area (Å²) in [6, 6.07) is 14.3. The quantitative estimate of drug-likeness (QED) is 0.643. The van der Waals surface area contributed by atoms with Crippen molar-refractivity contribution in [3.8, 4) is 0 Å². The van der Waals surface area contributed by atoms with Gasteiger partial charge >= 0.3 is 11.7 Å². The number of carbonyl (C=O) groups is 1. The predicted molar refractivity (Wildman–Crippen MR) is 82.7 cm³/mol. The Morgan fingerprint density at radius 2 is 1.95 bits per heavy atom. The van der Waals surface area contributed by atoms with Gasteiger partial charge in [0, 0.05) is 0 Å². The molecule has 0 bridgehead atoms. The van der Waals surface area contributed by atoms with Gasteiger partial charge in [-0.15, -0.1) is 0 Å². The van der Waals surface area contributed by atoms with Crippen LogP contribution in [0.1, 0.15) is 22.2 Å². The molecule has 1 amide bonds. The number of H-pyrrole nitrogens is 1. The second-order valence-corrected chi connectivity index (χ2v) is 5.24. The molecule has 0 spiro atoms. The van der Waals surface area contributed by atoms with Crippen molar-refractivity contribution in [2.24, 2.45) is 0 Å². The Labute approximate surface area is 132 Å². The molecule has 6 heteroatoms. The maximum absolute atomic E-state index is 12.5. The van der Waals surface area contributed by atoms with Crippen molar-refractivity contribution in [3.05, 3.63) is 71.3 Å². The molecule has 1 aromatic carbocycles. The lowest BCUT2D eigenvalue weighted by Gasteiger charge is -2.14. The highest BCUT2D eigenvalue weighted by Crippen LogP contribution is 2.14. The number of amides is 1. The number of aromatic nitrogens is 2. The number of benzene rings is 1. The van der Waals surface area contributed by atoms with E-state index in [2.05, 4.69) is 10.3 Å². The number of aliphatic hydroxyl groups excluding tert-OH is 1. The predicted octanol–water partition coefficient (Wildman–Crippen LogP) is 1.87. The smallest absolute Gasteiger partial charge is 0.352 e. The van der Waals surface area contributed by atoms with Gasteiger partial charge in [0.05, 0.1) is 18.8 Å². The highest BCUT2D eigenvalue weighted by molar-refractivity contribution is 6.32. The van der Waals surface area contributed by atoms with E-state index in [-0.39, 0.29) is 12.5 Å². The van der Waals surface area contributed by atoms with Crippen LogP contribution in [0.5, 0.6) is 0 Å². The maximum Gasteiger partial charge on any atom is 0.352 e. The highest BCUT2D eigenvalue weighted by Gasteiger charge is 2.25. The average molecular weight is 317 g/mol. The number of halogens is 1. The van der Waals surface area contributed by atoms with Crippen LogP contribution < -0.4 is 9.72 Å². The number of aliphatic hydroxyl groups is 1. The Bertz CT molecular complexity index is 802. The van der Waals surface area contributed by atoms with Crippen molar-refractivity contribution in [2.75, 3.05) is 6.61 Å². The molecule has 0 unspecified atom stereocenters. The van der Waals surface area contributed by atoms with Crippen LogP contribution in [-0.2, 0) is 0 Å². The molecule has 0 aliphatic heterocycles. The zero-order valence-corrected chi connectivity index (χ0v) is 12.4. The summed E-state index contributed by atoms with van der Waals surface area (Å²) < 4.78 is 1.68. The van der Waals surface area contributed by atoms with Gasteiger partial charge in [0.1, 0.15) is 0 Å². The molecule has 1 atom stereocenters. The molecule has 3 aromatic rings. The van der Waals surface area contributed by atoms with Crippen molar-refractivity contribution in [2.45, 2.75) is 6.04 Å². The summed E-state index contributed by atoms with van der Waals surface area (Å²) >= 11 is 6.10. The van der Waals surface area contributed by atoms with Crippen molar-refractivity contribution in [1.82, 2.24) is 10.3 Å². The lowest BCUT2D eigenvalue weighted by atomic mass is 10.1. The zero-order valence-electron chi connectivity index (χ0n) is 11.7. The highest BCUT2D eigenvalue weighted by atomic mass is 35.5. The van der Waals surface area contributed by atoms with E-state index >= 15 is 0 Å². The molecular formula is C16H15ClN3O2+. The average Bonchev–Trinajstić information content (AvgIpc) is 2.91. The fourth-order valence-electron chi connectivity index (χ4n) is 2.36. The second kappa shape index (κ2) is 6.17. The standard InChI is InChI=1S/C16H14ClN3O2/c17-14-13-8-4-5-9-20(13)15(19-14)16(22)18-12(10-21)11-6-2-1-3-7-11/h1-9,12,21H,10H2,(H,18,22)/p+1/t12-/m1/s1. The second-order valence-electron chi connectivity index (χ2n) is 4.86. The molecule has 0 aliphatic carbocycles. The minimum atomic E-state index is -0.477.